The molecule has 0 amide bonds. The fourth-order valence-corrected chi connectivity index (χ4v) is 2.46. The van der Waals surface area contributed by atoms with Crippen LogP contribution in [-0.2, 0) is 11.3 Å². The summed E-state index contributed by atoms with van der Waals surface area (Å²) in [7, 11) is 0. The van der Waals surface area contributed by atoms with Gasteiger partial charge in [0.15, 0.2) is 5.96 Å². The third-order valence-electron chi connectivity index (χ3n) is 2.47. The average molecular weight is 412 g/mol. The van der Waals surface area contributed by atoms with Gasteiger partial charge in [-0.15, -0.1) is 35.3 Å². The summed E-state index contributed by atoms with van der Waals surface area (Å²) in [5, 5.41) is 7.57. The number of aliphatic imine (C=N–C) groups is 1. The van der Waals surface area contributed by atoms with Crippen molar-refractivity contribution < 1.29 is 4.74 Å². The molecule has 1 aromatic heterocycles. The van der Waals surface area contributed by atoms with Gasteiger partial charge in [-0.25, -0.2) is 9.98 Å². The SMILES string of the molecule is CCNC(=NCc1sc(C)nc1C)NCCOCC.I. The van der Waals surface area contributed by atoms with Crippen molar-refractivity contribution in [2.45, 2.75) is 34.2 Å². The molecule has 0 bridgehead atoms. The first-order chi connectivity index (χ1) is 9.17. The van der Waals surface area contributed by atoms with Crippen LogP contribution in [0.25, 0.3) is 0 Å². The highest BCUT2D eigenvalue weighted by atomic mass is 127. The Morgan fingerprint density at radius 3 is 2.60 bits per heavy atom. The molecule has 0 aliphatic carbocycles. The van der Waals surface area contributed by atoms with Gasteiger partial charge in [-0.3, -0.25) is 0 Å². The molecule has 1 rings (SSSR count). The van der Waals surface area contributed by atoms with Crippen molar-refractivity contribution in [3.63, 3.8) is 0 Å². The van der Waals surface area contributed by atoms with Crippen LogP contribution in [0, 0.1) is 13.8 Å². The highest BCUT2D eigenvalue weighted by Crippen LogP contribution is 2.17. The lowest BCUT2D eigenvalue weighted by atomic mass is 10.4. The molecule has 0 aromatic carbocycles. The van der Waals surface area contributed by atoms with E-state index in [0.29, 0.717) is 13.2 Å². The zero-order valence-corrected chi connectivity index (χ0v) is 15.8. The van der Waals surface area contributed by atoms with Crippen LogP contribution in [0.3, 0.4) is 0 Å². The van der Waals surface area contributed by atoms with Gasteiger partial charge in [-0.1, -0.05) is 0 Å². The van der Waals surface area contributed by atoms with Crippen molar-refractivity contribution in [2.75, 3.05) is 26.3 Å². The number of nitrogens with one attached hydrogen (secondary N) is 2. The maximum absolute atomic E-state index is 5.29. The van der Waals surface area contributed by atoms with Gasteiger partial charge in [0.05, 0.1) is 23.9 Å². The quantitative estimate of drug-likeness (QED) is 0.313. The molecule has 116 valence electrons. The first-order valence-electron chi connectivity index (χ1n) is 6.70. The Labute approximate surface area is 142 Å². The predicted octanol–water partition coefficient (Wildman–Crippen LogP) is 2.47. The summed E-state index contributed by atoms with van der Waals surface area (Å²) < 4.78 is 5.29. The van der Waals surface area contributed by atoms with Gasteiger partial charge in [-0.2, -0.15) is 0 Å². The van der Waals surface area contributed by atoms with Crippen LogP contribution in [0.4, 0.5) is 0 Å². The fourth-order valence-electron chi connectivity index (χ4n) is 1.60. The van der Waals surface area contributed by atoms with E-state index in [9.17, 15) is 0 Å². The second-order valence-electron chi connectivity index (χ2n) is 4.06. The van der Waals surface area contributed by atoms with Crippen molar-refractivity contribution in [1.82, 2.24) is 15.6 Å². The Bertz CT molecular complexity index is 409. The fraction of sp³-hybridized carbons (Fsp3) is 0.692. The van der Waals surface area contributed by atoms with E-state index >= 15 is 0 Å². The van der Waals surface area contributed by atoms with Gasteiger partial charge in [0.2, 0.25) is 0 Å². The standard InChI is InChI=1S/C13H24N4OS.HI/c1-5-14-13(15-7-8-18-6-2)16-9-12-10(3)17-11(4)19-12;/h5-9H2,1-4H3,(H2,14,15,16);1H. The third kappa shape index (κ3) is 7.39. The number of ether oxygens (including phenoxy) is 1. The molecule has 0 radical (unpaired) electrons. The average Bonchev–Trinajstić information content (AvgIpc) is 2.70. The Hall–Kier alpha value is -0.410. The molecule has 2 N–H and O–H groups in total. The highest BCUT2D eigenvalue weighted by Gasteiger charge is 2.04. The Morgan fingerprint density at radius 1 is 1.30 bits per heavy atom. The van der Waals surface area contributed by atoms with E-state index in [1.165, 1.54) is 4.88 Å². The molecular weight excluding hydrogens is 387 g/mol. The lowest BCUT2D eigenvalue weighted by Crippen LogP contribution is -2.38. The van der Waals surface area contributed by atoms with E-state index < -0.39 is 0 Å². The monoisotopic (exact) mass is 412 g/mol. The number of rotatable bonds is 7. The number of aryl methyl sites for hydroxylation is 2. The number of aromatic nitrogens is 1. The van der Waals surface area contributed by atoms with Crippen LogP contribution >= 0.6 is 35.3 Å². The van der Waals surface area contributed by atoms with E-state index in [1.54, 1.807) is 11.3 Å². The molecule has 1 aromatic rings. The van der Waals surface area contributed by atoms with Crippen molar-refractivity contribution in [3.8, 4) is 0 Å². The lowest BCUT2D eigenvalue weighted by molar-refractivity contribution is 0.152. The van der Waals surface area contributed by atoms with Crippen LogP contribution in [0.1, 0.15) is 29.4 Å². The minimum Gasteiger partial charge on any atom is -0.380 e. The number of nitrogens with zero attached hydrogens (tertiary/aromatic N) is 2. The van der Waals surface area contributed by atoms with Crippen LogP contribution < -0.4 is 10.6 Å². The molecule has 0 spiro atoms. The Morgan fingerprint density at radius 2 is 2.05 bits per heavy atom. The summed E-state index contributed by atoms with van der Waals surface area (Å²) in [6.07, 6.45) is 0. The van der Waals surface area contributed by atoms with Crippen LogP contribution in [0.5, 0.6) is 0 Å². The maximum Gasteiger partial charge on any atom is 0.191 e. The van der Waals surface area contributed by atoms with Gasteiger partial charge in [0.25, 0.3) is 0 Å². The summed E-state index contributed by atoms with van der Waals surface area (Å²) in [6.45, 7) is 11.8. The second-order valence-corrected chi connectivity index (χ2v) is 5.35. The minimum absolute atomic E-state index is 0. The molecule has 5 nitrogen and oxygen atoms in total. The topological polar surface area (TPSA) is 58.5 Å². The molecule has 0 unspecified atom stereocenters. The number of thiazole rings is 1. The molecule has 0 saturated carbocycles. The summed E-state index contributed by atoms with van der Waals surface area (Å²) >= 11 is 1.71. The molecule has 7 heteroatoms. The molecular formula is C13H25IN4OS. The molecule has 0 saturated heterocycles. The zero-order valence-electron chi connectivity index (χ0n) is 12.7. The molecule has 0 aliphatic heterocycles. The smallest absolute Gasteiger partial charge is 0.191 e. The number of hydrogen-bond acceptors (Lipinski definition) is 4. The first-order valence-corrected chi connectivity index (χ1v) is 7.51. The normalized spacial score (nSPS) is 11.1. The van der Waals surface area contributed by atoms with E-state index in [2.05, 4.69) is 27.5 Å². The van der Waals surface area contributed by atoms with E-state index in [-0.39, 0.29) is 24.0 Å². The minimum atomic E-state index is 0. The molecule has 0 fully saturated rings. The maximum atomic E-state index is 5.29. The summed E-state index contributed by atoms with van der Waals surface area (Å²) in [6, 6.07) is 0. The molecule has 0 atom stereocenters. The summed E-state index contributed by atoms with van der Waals surface area (Å²) in [4.78, 5) is 10.2. The van der Waals surface area contributed by atoms with Gasteiger partial charge in [0.1, 0.15) is 0 Å². The van der Waals surface area contributed by atoms with E-state index in [4.69, 9.17) is 4.74 Å². The number of hydrogen-bond donors (Lipinski definition) is 2. The van der Waals surface area contributed by atoms with Gasteiger partial charge in [-0.05, 0) is 27.7 Å². The number of halogens is 1. The zero-order chi connectivity index (χ0) is 14.1. The number of guanidine groups is 1. The van der Waals surface area contributed by atoms with Gasteiger partial charge >= 0.3 is 0 Å². The van der Waals surface area contributed by atoms with Crippen LogP contribution in [0.2, 0.25) is 0 Å². The summed E-state index contributed by atoms with van der Waals surface area (Å²) in [5.41, 5.74) is 1.08. The Kier molecular flexibility index (Phi) is 11.0. The van der Waals surface area contributed by atoms with Crippen molar-refractivity contribution in [1.29, 1.82) is 0 Å². The van der Waals surface area contributed by atoms with Gasteiger partial charge in [0, 0.05) is 24.6 Å². The van der Waals surface area contributed by atoms with Gasteiger partial charge < -0.3 is 15.4 Å². The summed E-state index contributed by atoms with van der Waals surface area (Å²) in [5.74, 6) is 0.827. The third-order valence-corrected chi connectivity index (χ3v) is 3.53. The van der Waals surface area contributed by atoms with E-state index in [0.717, 1.165) is 36.4 Å². The Balaban J connectivity index is 0.00000361. The molecule has 1 heterocycles. The lowest BCUT2D eigenvalue weighted by Gasteiger charge is -2.10. The molecule has 20 heavy (non-hydrogen) atoms. The van der Waals surface area contributed by atoms with Crippen LogP contribution in [-0.4, -0.2) is 37.2 Å². The second kappa shape index (κ2) is 11.3. The van der Waals surface area contributed by atoms with Crippen molar-refractivity contribution in [2.24, 2.45) is 4.99 Å². The first kappa shape index (κ1) is 19.6. The van der Waals surface area contributed by atoms with Crippen LogP contribution in [0.15, 0.2) is 4.99 Å². The largest absolute Gasteiger partial charge is 0.380 e. The van der Waals surface area contributed by atoms with Crippen molar-refractivity contribution in [3.05, 3.63) is 15.6 Å². The molecule has 0 aliphatic rings. The van der Waals surface area contributed by atoms with E-state index in [1.807, 2.05) is 20.8 Å². The highest BCUT2D eigenvalue weighted by molar-refractivity contribution is 14.0. The van der Waals surface area contributed by atoms with Crippen molar-refractivity contribution >= 4 is 41.3 Å². The predicted molar refractivity (Wildman–Crippen MR) is 96.3 cm³/mol.